The van der Waals surface area contributed by atoms with Crippen LogP contribution in [0.2, 0.25) is 0 Å². The topological polar surface area (TPSA) is 63.6 Å². The molecule has 23 heavy (non-hydrogen) atoms. The molecule has 4 heteroatoms. The van der Waals surface area contributed by atoms with Crippen molar-refractivity contribution in [1.29, 1.82) is 0 Å². The van der Waals surface area contributed by atoms with Crippen LogP contribution in [-0.2, 0) is 14.3 Å². The first kappa shape index (κ1) is 21.7. The monoisotopic (exact) mass is 326 g/mol. The van der Waals surface area contributed by atoms with Crippen LogP contribution < -0.4 is 0 Å². The van der Waals surface area contributed by atoms with Crippen molar-refractivity contribution in [3.05, 3.63) is 12.7 Å². The van der Waals surface area contributed by atoms with E-state index in [0.29, 0.717) is 13.0 Å². The van der Waals surface area contributed by atoms with Gasteiger partial charge in [-0.3, -0.25) is 4.79 Å². The van der Waals surface area contributed by atoms with Gasteiger partial charge in [0.2, 0.25) is 0 Å². The number of rotatable bonds is 17. The molecule has 0 aliphatic heterocycles. The molecule has 0 aromatic carbocycles. The number of aliphatic carboxylic acids is 1. The average Bonchev–Trinajstić information content (AvgIpc) is 2.53. The third kappa shape index (κ3) is 18.6. The molecule has 0 saturated carbocycles. The van der Waals surface area contributed by atoms with E-state index >= 15 is 0 Å². The van der Waals surface area contributed by atoms with E-state index in [2.05, 4.69) is 6.58 Å². The molecule has 1 N–H and O–H groups in total. The molecule has 134 valence electrons. The summed E-state index contributed by atoms with van der Waals surface area (Å²) in [5.41, 5.74) is 0. The number of unbranched alkanes of at least 4 members (excludes halogenated alkanes) is 12. The van der Waals surface area contributed by atoms with Crippen LogP contribution in [0.15, 0.2) is 12.7 Å². The maximum absolute atomic E-state index is 10.8. The summed E-state index contributed by atoms with van der Waals surface area (Å²) in [7, 11) is 0. The molecule has 0 heterocycles. The third-order valence-electron chi connectivity index (χ3n) is 3.95. The SMILES string of the molecule is C=CC(=O)OCCCCCCCCCCCCCCCC(=O)O. The molecule has 0 aliphatic rings. The van der Waals surface area contributed by atoms with Crippen molar-refractivity contribution in [1.82, 2.24) is 0 Å². The minimum atomic E-state index is -0.678. The highest BCUT2D eigenvalue weighted by Gasteiger charge is 1.97. The molecule has 0 amide bonds. The predicted octanol–water partition coefficient (Wildman–Crippen LogP) is 5.26. The van der Waals surface area contributed by atoms with Crippen molar-refractivity contribution >= 4 is 11.9 Å². The first-order valence-corrected chi connectivity index (χ1v) is 9.18. The van der Waals surface area contributed by atoms with Crippen LogP contribution in [0.25, 0.3) is 0 Å². The van der Waals surface area contributed by atoms with E-state index in [1.54, 1.807) is 0 Å². The van der Waals surface area contributed by atoms with Crippen LogP contribution >= 0.6 is 0 Å². The molecule has 0 bridgehead atoms. The summed E-state index contributed by atoms with van der Waals surface area (Å²) >= 11 is 0. The van der Waals surface area contributed by atoms with Crippen LogP contribution in [0.5, 0.6) is 0 Å². The molecule has 0 aromatic heterocycles. The second-order valence-electron chi connectivity index (χ2n) is 6.11. The Labute approximate surface area is 141 Å². The molecule has 0 spiro atoms. The van der Waals surface area contributed by atoms with Gasteiger partial charge < -0.3 is 9.84 Å². The van der Waals surface area contributed by atoms with E-state index in [0.717, 1.165) is 25.7 Å². The van der Waals surface area contributed by atoms with Crippen molar-refractivity contribution < 1.29 is 19.4 Å². The summed E-state index contributed by atoms with van der Waals surface area (Å²) in [6, 6.07) is 0. The minimum absolute atomic E-state index is 0.316. The normalized spacial score (nSPS) is 10.4. The molecular formula is C19H34O4. The minimum Gasteiger partial charge on any atom is -0.481 e. The Balaban J connectivity index is 3.04. The van der Waals surface area contributed by atoms with Gasteiger partial charge in [-0.15, -0.1) is 0 Å². The van der Waals surface area contributed by atoms with Crippen molar-refractivity contribution in [2.45, 2.75) is 89.9 Å². The Hall–Kier alpha value is -1.32. The van der Waals surface area contributed by atoms with Crippen molar-refractivity contribution in [2.75, 3.05) is 6.61 Å². The van der Waals surface area contributed by atoms with E-state index < -0.39 is 5.97 Å². The van der Waals surface area contributed by atoms with Crippen LogP contribution in [-0.4, -0.2) is 23.7 Å². The highest BCUT2D eigenvalue weighted by Crippen LogP contribution is 2.13. The fraction of sp³-hybridized carbons (Fsp3) is 0.789. The van der Waals surface area contributed by atoms with Crippen molar-refractivity contribution in [2.24, 2.45) is 0 Å². The van der Waals surface area contributed by atoms with Crippen molar-refractivity contribution in [3.63, 3.8) is 0 Å². The number of carbonyl (C=O) groups is 2. The quantitative estimate of drug-likeness (QED) is 0.225. The lowest BCUT2D eigenvalue weighted by Gasteiger charge is -2.03. The van der Waals surface area contributed by atoms with E-state index in [9.17, 15) is 9.59 Å². The standard InChI is InChI=1S/C19H34O4/c1-2-19(22)23-17-15-13-11-9-7-5-3-4-6-8-10-12-14-16-18(20)21/h2H,1,3-17H2,(H,20,21). The number of carboxylic acid groups (broad SMARTS) is 1. The van der Waals surface area contributed by atoms with Gasteiger partial charge in [-0.25, -0.2) is 4.79 Å². The predicted molar refractivity (Wildman–Crippen MR) is 93.4 cm³/mol. The largest absolute Gasteiger partial charge is 0.481 e. The number of esters is 1. The average molecular weight is 326 g/mol. The van der Waals surface area contributed by atoms with Gasteiger partial charge in [-0.2, -0.15) is 0 Å². The fourth-order valence-corrected chi connectivity index (χ4v) is 2.55. The van der Waals surface area contributed by atoms with E-state index in [1.807, 2.05) is 0 Å². The van der Waals surface area contributed by atoms with Crippen LogP contribution in [0, 0.1) is 0 Å². The summed E-state index contributed by atoms with van der Waals surface area (Å²) in [5, 5.41) is 8.53. The summed E-state index contributed by atoms with van der Waals surface area (Å²) in [4.78, 5) is 21.2. The smallest absolute Gasteiger partial charge is 0.330 e. The van der Waals surface area contributed by atoms with Crippen LogP contribution in [0.3, 0.4) is 0 Å². The Morgan fingerprint density at radius 1 is 0.739 bits per heavy atom. The van der Waals surface area contributed by atoms with Gasteiger partial charge in [-0.1, -0.05) is 77.2 Å². The highest BCUT2D eigenvalue weighted by atomic mass is 16.5. The summed E-state index contributed by atoms with van der Waals surface area (Å²) in [6.07, 6.45) is 16.9. The molecule has 0 unspecified atom stereocenters. The Morgan fingerprint density at radius 2 is 1.13 bits per heavy atom. The molecule has 4 nitrogen and oxygen atoms in total. The fourth-order valence-electron chi connectivity index (χ4n) is 2.55. The van der Waals surface area contributed by atoms with Crippen LogP contribution in [0.1, 0.15) is 89.9 Å². The molecular weight excluding hydrogens is 292 g/mol. The summed E-state index contributed by atoms with van der Waals surface area (Å²) in [5.74, 6) is -1.00. The van der Waals surface area contributed by atoms with Crippen LogP contribution in [0.4, 0.5) is 0 Å². The highest BCUT2D eigenvalue weighted by molar-refractivity contribution is 5.81. The second-order valence-corrected chi connectivity index (χ2v) is 6.11. The van der Waals surface area contributed by atoms with Gasteiger partial charge in [0.15, 0.2) is 0 Å². The van der Waals surface area contributed by atoms with E-state index in [-0.39, 0.29) is 5.97 Å². The lowest BCUT2D eigenvalue weighted by Crippen LogP contribution is -2.01. The molecule has 0 aliphatic carbocycles. The van der Waals surface area contributed by atoms with Gasteiger partial charge in [0.25, 0.3) is 0 Å². The molecule has 0 atom stereocenters. The van der Waals surface area contributed by atoms with E-state index in [4.69, 9.17) is 9.84 Å². The van der Waals surface area contributed by atoms with Gasteiger partial charge in [0.1, 0.15) is 0 Å². The lowest BCUT2D eigenvalue weighted by molar-refractivity contribution is -0.138. The molecule has 0 fully saturated rings. The summed E-state index contributed by atoms with van der Waals surface area (Å²) < 4.78 is 4.92. The Morgan fingerprint density at radius 3 is 1.52 bits per heavy atom. The Kier molecular flexibility index (Phi) is 16.1. The zero-order chi connectivity index (χ0) is 17.2. The number of ether oxygens (including phenoxy) is 1. The zero-order valence-corrected chi connectivity index (χ0v) is 14.6. The number of hydrogen-bond acceptors (Lipinski definition) is 3. The Bertz CT molecular complexity index is 312. The molecule has 0 rings (SSSR count). The van der Waals surface area contributed by atoms with Gasteiger partial charge in [0, 0.05) is 12.5 Å². The number of hydrogen-bond donors (Lipinski definition) is 1. The first-order valence-electron chi connectivity index (χ1n) is 9.18. The van der Waals surface area contributed by atoms with Gasteiger partial charge in [0.05, 0.1) is 6.61 Å². The molecule has 0 saturated heterocycles. The number of carboxylic acids is 1. The third-order valence-corrected chi connectivity index (χ3v) is 3.95. The molecule has 0 radical (unpaired) electrons. The van der Waals surface area contributed by atoms with Crippen molar-refractivity contribution in [3.8, 4) is 0 Å². The molecule has 0 aromatic rings. The first-order chi connectivity index (χ1) is 11.2. The van der Waals surface area contributed by atoms with Gasteiger partial charge >= 0.3 is 11.9 Å². The zero-order valence-electron chi connectivity index (χ0n) is 14.6. The number of carbonyl (C=O) groups excluding carboxylic acids is 1. The summed E-state index contributed by atoms with van der Waals surface area (Å²) in [6.45, 7) is 3.87. The lowest BCUT2D eigenvalue weighted by atomic mass is 10.0. The second kappa shape index (κ2) is 17.0. The van der Waals surface area contributed by atoms with E-state index in [1.165, 1.54) is 63.9 Å². The van der Waals surface area contributed by atoms with Gasteiger partial charge in [-0.05, 0) is 12.8 Å². The maximum Gasteiger partial charge on any atom is 0.330 e. The maximum atomic E-state index is 10.8.